The van der Waals surface area contributed by atoms with E-state index >= 15 is 0 Å². The predicted octanol–water partition coefficient (Wildman–Crippen LogP) is 0.479. The van der Waals surface area contributed by atoms with Crippen molar-refractivity contribution < 1.29 is 17.9 Å². The van der Waals surface area contributed by atoms with E-state index in [1.165, 1.54) is 6.26 Å². The Morgan fingerprint density at radius 3 is 2.71 bits per heavy atom. The van der Waals surface area contributed by atoms with Crippen LogP contribution >= 0.6 is 0 Å². The Morgan fingerprint density at radius 1 is 1.43 bits per heavy atom. The van der Waals surface area contributed by atoms with E-state index in [1.807, 2.05) is 25.1 Å². The Hall–Kier alpha value is -1.60. The van der Waals surface area contributed by atoms with Gasteiger partial charge in [-0.25, -0.2) is 8.42 Å². The zero-order valence-corrected chi connectivity index (χ0v) is 13.2. The molecule has 1 N–H and O–H groups in total. The van der Waals surface area contributed by atoms with E-state index in [-0.39, 0.29) is 30.9 Å². The van der Waals surface area contributed by atoms with E-state index in [2.05, 4.69) is 5.32 Å². The van der Waals surface area contributed by atoms with Gasteiger partial charge < -0.3 is 9.64 Å². The van der Waals surface area contributed by atoms with Gasteiger partial charge in [0.25, 0.3) is 0 Å². The number of nitrogens with zero attached hydrogens (tertiary/aromatic N) is 1. The van der Waals surface area contributed by atoms with Gasteiger partial charge in [0, 0.05) is 12.8 Å². The standard InChI is InChI=1S/C14H20N2O4S/c1-10-8-11(4-5-12(10)20-2)14-15-9-13(17)16(14)6-7-21(3,18)19/h4-5,8,14-15H,6-7,9H2,1-3H3. The molecule has 0 radical (unpaired) electrons. The fourth-order valence-corrected chi connectivity index (χ4v) is 2.96. The summed E-state index contributed by atoms with van der Waals surface area (Å²) in [5, 5.41) is 3.11. The number of carbonyl (C=O) groups is 1. The largest absolute Gasteiger partial charge is 0.496 e. The maximum absolute atomic E-state index is 11.9. The van der Waals surface area contributed by atoms with E-state index in [1.54, 1.807) is 12.0 Å². The third-order valence-corrected chi connectivity index (χ3v) is 4.44. The summed E-state index contributed by atoms with van der Waals surface area (Å²) in [5.41, 5.74) is 1.90. The predicted molar refractivity (Wildman–Crippen MR) is 79.9 cm³/mol. The summed E-state index contributed by atoms with van der Waals surface area (Å²) >= 11 is 0. The van der Waals surface area contributed by atoms with Gasteiger partial charge in [0.05, 0.1) is 19.4 Å². The highest BCUT2D eigenvalue weighted by Crippen LogP contribution is 2.27. The molecule has 116 valence electrons. The first kappa shape index (κ1) is 15.8. The number of methoxy groups -OCH3 is 1. The van der Waals surface area contributed by atoms with Crippen molar-refractivity contribution in [3.63, 3.8) is 0 Å². The van der Waals surface area contributed by atoms with Crippen LogP contribution in [0.15, 0.2) is 18.2 Å². The van der Waals surface area contributed by atoms with Gasteiger partial charge in [0.15, 0.2) is 0 Å². The van der Waals surface area contributed by atoms with Gasteiger partial charge in [-0.1, -0.05) is 6.07 Å². The molecule has 7 heteroatoms. The average molecular weight is 312 g/mol. The summed E-state index contributed by atoms with van der Waals surface area (Å²) in [4.78, 5) is 13.5. The zero-order valence-electron chi connectivity index (χ0n) is 12.4. The van der Waals surface area contributed by atoms with Gasteiger partial charge in [-0.2, -0.15) is 0 Å². The van der Waals surface area contributed by atoms with Gasteiger partial charge in [-0.05, 0) is 30.2 Å². The van der Waals surface area contributed by atoms with Gasteiger partial charge in [0.1, 0.15) is 21.8 Å². The molecule has 1 aliphatic heterocycles. The highest BCUT2D eigenvalue weighted by Gasteiger charge is 2.32. The van der Waals surface area contributed by atoms with Gasteiger partial charge in [-0.15, -0.1) is 0 Å². The second kappa shape index (κ2) is 6.03. The lowest BCUT2D eigenvalue weighted by molar-refractivity contribution is -0.127. The number of aryl methyl sites for hydroxylation is 1. The number of carbonyl (C=O) groups excluding carboxylic acids is 1. The van der Waals surface area contributed by atoms with Gasteiger partial charge >= 0.3 is 0 Å². The Balaban J connectivity index is 2.21. The lowest BCUT2D eigenvalue weighted by atomic mass is 10.1. The van der Waals surface area contributed by atoms with Crippen LogP contribution in [0.25, 0.3) is 0 Å². The van der Waals surface area contributed by atoms with Crippen molar-refractivity contribution in [2.75, 3.05) is 32.2 Å². The number of rotatable bonds is 5. The molecule has 0 spiro atoms. The second-order valence-electron chi connectivity index (χ2n) is 5.23. The first-order valence-corrected chi connectivity index (χ1v) is 8.73. The van der Waals surface area contributed by atoms with Crippen LogP contribution in [0, 0.1) is 6.92 Å². The third kappa shape index (κ3) is 3.74. The van der Waals surface area contributed by atoms with E-state index < -0.39 is 9.84 Å². The van der Waals surface area contributed by atoms with Crippen LogP contribution in [0.4, 0.5) is 0 Å². The number of ether oxygens (including phenoxy) is 1. The molecule has 1 saturated heterocycles. The van der Waals surface area contributed by atoms with Gasteiger partial charge in [-0.3, -0.25) is 10.1 Å². The highest BCUT2D eigenvalue weighted by molar-refractivity contribution is 7.90. The molecule has 0 saturated carbocycles. The minimum atomic E-state index is -3.10. The Kier molecular flexibility index (Phi) is 4.53. The lowest BCUT2D eigenvalue weighted by Gasteiger charge is -2.25. The SMILES string of the molecule is COc1ccc(C2NCC(=O)N2CCS(C)(=O)=O)cc1C. The van der Waals surface area contributed by atoms with Crippen LogP contribution in [0.5, 0.6) is 5.75 Å². The molecule has 1 unspecified atom stereocenters. The number of hydrogen-bond acceptors (Lipinski definition) is 5. The molecule has 0 aliphatic carbocycles. The molecule has 1 aliphatic rings. The molecule has 1 fully saturated rings. The number of sulfone groups is 1. The molecular weight excluding hydrogens is 292 g/mol. The fraction of sp³-hybridized carbons (Fsp3) is 0.500. The maximum atomic E-state index is 11.9. The second-order valence-corrected chi connectivity index (χ2v) is 7.49. The summed E-state index contributed by atoms with van der Waals surface area (Å²) in [6.45, 7) is 2.35. The average Bonchev–Trinajstić information content (AvgIpc) is 2.76. The number of nitrogens with one attached hydrogen (secondary N) is 1. The summed E-state index contributed by atoms with van der Waals surface area (Å²) in [5.74, 6) is 0.661. The monoisotopic (exact) mass is 312 g/mol. The third-order valence-electron chi connectivity index (χ3n) is 3.52. The molecular formula is C14H20N2O4S. The van der Waals surface area contributed by atoms with Gasteiger partial charge in [0.2, 0.25) is 5.91 Å². The van der Waals surface area contributed by atoms with Crippen LogP contribution < -0.4 is 10.1 Å². The van der Waals surface area contributed by atoms with Crippen LogP contribution in [0.2, 0.25) is 0 Å². The first-order valence-electron chi connectivity index (χ1n) is 6.67. The molecule has 1 amide bonds. The fourth-order valence-electron chi connectivity index (χ4n) is 2.43. The molecule has 0 aromatic heterocycles. The van der Waals surface area contributed by atoms with Crippen molar-refractivity contribution in [2.45, 2.75) is 13.1 Å². The molecule has 6 nitrogen and oxygen atoms in total. The van der Waals surface area contributed by atoms with Crippen LogP contribution in [-0.4, -0.2) is 51.4 Å². The van der Waals surface area contributed by atoms with Crippen molar-refractivity contribution in [3.8, 4) is 5.75 Å². The zero-order chi connectivity index (χ0) is 15.6. The summed E-state index contributed by atoms with van der Waals surface area (Å²) < 4.78 is 27.8. The molecule has 2 rings (SSSR count). The molecule has 0 bridgehead atoms. The molecule has 21 heavy (non-hydrogen) atoms. The highest BCUT2D eigenvalue weighted by atomic mass is 32.2. The number of benzene rings is 1. The topological polar surface area (TPSA) is 75.7 Å². The molecule has 1 aromatic carbocycles. The Labute approximate surface area is 125 Å². The van der Waals surface area contributed by atoms with Crippen LogP contribution in [-0.2, 0) is 14.6 Å². The smallest absolute Gasteiger partial charge is 0.238 e. The van der Waals surface area contributed by atoms with Crippen molar-refractivity contribution in [2.24, 2.45) is 0 Å². The van der Waals surface area contributed by atoms with Crippen molar-refractivity contribution in [1.82, 2.24) is 10.2 Å². The minimum absolute atomic E-state index is 0.0357. The summed E-state index contributed by atoms with van der Waals surface area (Å²) in [7, 11) is -1.49. The van der Waals surface area contributed by atoms with E-state index in [4.69, 9.17) is 4.74 Å². The number of hydrogen-bond donors (Lipinski definition) is 1. The number of amides is 1. The van der Waals surface area contributed by atoms with E-state index in [0.29, 0.717) is 0 Å². The quantitative estimate of drug-likeness (QED) is 0.856. The normalized spacial score (nSPS) is 19.1. The molecule has 1 heterocycles. The Morgan fingerprint density at radius 2 is 2.14 bits per heavy atom. The minimum Gasteiger partial charge on any atom is -0.496 e. The van der Waals surface area contributed by atoms with E-state index in [0.717, 1.165) is 16.9 Å². The van der Waals surface area contributed by atoms with Crippen molar-refractivity contribution in [3.05, 3.63) is 29.3 Å². The van der Waals surface area contributed by atoms with Crippen molar-refractivity contribution in [1.29, 1.82) is 0 Å². The molecule has 1 aromatic rings. The summed E-state index contributed by atoms with van der Waals surface area (Å²) in [6, 6.07) is 5.68. The molecule has 1 atom stereocenters. The van der Waals surface area contributed by atoms with Crippen LogP contribution in [0.1, 0.15) is 17.3 Å². The first-order chi connectivity index (χ1) is 9.81. The van der Waals surface area contributed by atoms with Crippen LogP contribution in [0.3, 0.4) is 0 Å². The van der Waals surface area contributed by atoms with Crippen molar-refractivity contribution >= 4 is 15.7 Å². The lowest BCUT2D eigenvalue weighted by Crippen LogP contribution is -2.34. The Bertz CT molecular complexity index is 642. The maximum Gasteiger partial charge on any atom is 0.238 e. The van der Waals surface area contributed by atoms with E-state index in [9.17, 15) is 13.2 Å². The summed E-state index contributed by atoms with van der Waals surface area (Å²) in [6.07, 6.45) is 0.886.